The number of benzene rings is 3. The summed E-state index contributed by atoms with van der Waals surface area (Å²) in [6.45, 7) is -0.322. The van der Waals surface area contributed by atoms with E-state index in [-0.39, 0.29) is 25.7 Å². The Balaban J connectivity index is 1.38. The second kappa shape index (κ2) is 11.9. The van der Waals surface area contributed by atoms with Crippen molar-refractivity contribution in [2.45, 2.75) is 0 Å². The van der Waals surface area contributed by atoms with Gasteiger partial charge in [0.1, 0.15) is 24.7 Å². The number of nitrogens with one attached hydrogen (secondary N) is 1. The molecule has 8 heteroatoms. The first-order valence-electron chi connectivity index (χ1n) is 10.1. The second-order valence-corrected chi connectivity index (χ2v) is 6.73. The maximum atomic E-state index is 12.1. The molecule has 0 saturated carbocycles. The molecule has 170 valence electrons. The summed E-state index contributed by atoms with van der Waals surface area (Å²) in [6, 6.07) is 21.7. The van der Waals surface area contributed by atoms with Crippen molar-refractivity contribution in [3.8, 4) is 11.5 Å². The van der Waals surface area contributed by atoms with Gasteiger partial charge in [0, 0.05) is 11.8 Å². The summed E-state index contributed by atoms with van der Waals surface area (Å²) < 4.78 is 20.7. The van der Waals surface area contributed by atoms with Gasteiger partial charge in [-0.1, -0.05) is 24.3 Å². The third kappa shape index (κ3) is 7.39. The summed E-state index contributed by atoms with van der Waals surface area (Å²) in [5.74, 6) is -0.330. The van der Waals surface area contributed by atoms with E-state index in [2.05, 4.69) is 5.32 Å². The van der Waals surface area contributed by atoms with Crippen LogP contribution in [0.1, 0.15) is 20.7 Å². The van der Waals surface area contributed by atoms with Crippen LogP contribution in [0.4, 0.5) is 5.69 Å². The minimum absolute atomic E-state index is 0.0525. The SMILES string of the molecule is COc1cccc(NC(=O)COc2ccc(C(=O)OCCOC(=O)c3ccccc3)cc2)c1. The molecule has 0 radical (unpaired) electrons. The van der Waals surface area contributed by atoms with E-state index >= 15 is 0 Å². The van der Waals surface area contributed by atoms with Gasteiger partial charge >= 0.3 is 11.9 Å². The highest BCUT2D eigenvalue weighted by molar-refractivity contribution is 5.92. The molecular formula is C25H23NO7. The monoisotopic (exact) mass is 449 g/mol. The minimum atomic E-state index is -0.562. The van der Waals surface area contributed by atoms with Gasteiger partial charge in [-0.2, -0.15) is 0 Å². The van der Waals surface area contributed by atoms with Crippen LogP contribution in [-0.2, 0) is 14.3 Å². The number of rotatable bonds is 10. The van der Waals surface area contributed by atoms with Crippen LogP contribution in [0.3, 0.4) is 0 Å². The second-order valence-electron chi connectivity index (χ2n) is 6.73. The fourth-order valence-electron chi connectivity index (χ4n) is 2.74. The molecule has 0 aliphatic heterocycles. The van der Waals surface area contributed by atoms with E-state index in [0.29, 0.717) is 28.3 Å². The third-order valence-corrected chi connectivity index (χ3v) is 4.37. The van der Waals surface area contributed by atoms with E-state index in [1.54, 1.807) is 73.8 Å². The fraction of sp³-hybridized carbons (Fsp3) is 0.160. The Hall–Kier alpha value is -4.33. The molecule has 8 nitrogen and oxygen atoms in total. The number of carbonyl (C=O) groups is 3. The van der Waals surface area contributed by atoms with E-state index in [0.717, 1.165) is 0 Å². The summed E-state index contributed by atoms with van der Waals surface area (Å²) in [6.07, 6.45) is 0. The molecule has 0 aromatic heterocycles. The minimum Gasteiger partial charge on any atom is -0.497 e. The zero-order chi connectivity index (χ0) is 23.5. The van der Waals surface area contributed by atoms with Gasteiger partial charge < -0.3 is 24.3 Å². The van der Waals surface area contributed by atoms with Crippen molar-refractivity contribution in [1.29, 1.82) is 0 Å². The van der Waals surface area contributed by atoms with Crippen LogP contribution in [0.25, 0.3) is 0 Å². The number of carbonyl (C=O) groups excluding carboxylic acids is 3. The quantitative estimate of drug-likeness (QED) is 0.372. The number of esters is 2. The molecule has 33 heavy (non-hydrogen) atoms. The van der Waals surface area contributed by atoms with Crippen LogP contribution in [0.5, 0.6) is 11.5 Å². The van der Waals surface area contributed by atoms with E-state index in [1.165, 1.54) is 12.1 Å². The van der Waals surface area contributed by atoms with Gasteiger partial charge in [-0.3, -0.25) is 4.79 Å². The molecule has 0 saturated heterocycles. The average Bonchev–Trinajstić information content (AvgIpc) is 2.86. The first-order valence-corrected chi connectivity index (χ1v) is 10.1. The van der Waals surface area contributed by atoms with Crippen LogP contribution in [0, 0.1) is 0 Å². The molecule has 0 heterocycles. The summed E-state index contributed by atoms with van der Waals surface area (Å²) in [5.41, 5.74) is 1.32. The topological polar surface area (TPSA) is 100 Å². The number of hydrogen-bond donors (Lipinski definition) is 1. The van der Waals surface area contributed by atoms with Crippen LogP contribution >= 0.6 is 0 Å². The number of ether oxygens (including phenoxy) is 4. The average molecular weight is 449 g/mol. The highest BCUT2D eigenvalue weighted by Crippen LogP contribution is 2.17. The maximum Gasteiger partial charge on any atom is 0.338 e. The van der Waals surface area contributed by atoms with Crippen molar-refractivity contribution in [3.63, 3.8) is 0 Å². The molecule has 0 atom stereocenters. The van der Waals surface area contributed by atoms with Crippen molar-refractivity contribution in [1.82, 2.24) is 0 Å². The highest BCUT2D eigenvalue weighted by Gasteiger charge is 2.10. The predicted octanol–water partition coefficient (Wildman–Crippen LogP) is 3.73. The van der Waals surface area contributed by atoms with E-state index in [4.69, 9.17) is 18.9 Å². The zero-order valence-corrected chi connectivity index (χ0v) is 18.0. The molecule has 0 aliphatic carbocycles. The van der Waals surface area contributed by atoms with Crippen molar-refractivity contribution < 1.29 is 33.3 Å². The number of hydrogen-bond acceptors (Lipinski definition) is 7. The van der Waals surface area contributed by atoms with Crippen LogP contribution in [0.15, 0.2) is 78.9 Å². The molecule has 1 N–H and O–H groups in total. The molecule has 0 aliphatic rings. The van der Waals surface area contributed by atoms with Gasteiger partial charge in [-0.15, -0.1) is 0 Å². The summed E-state index contributed by atoms with van der Waals surface area (Å²) in [7, 11) is 1.55. The summed E-state index contributed by atoms with van der Waals surface area (Å²) >= 11 is 0. The van der Waals surface area contributed by atoms with Gasteiger partial charge in [0.2, 0.25) is 0 Å². The lowest BCUT2D eigenvalue weighted by atomic mass is 10.2. The lowest BCUT2D eigenvalue weighted by Crippen LogP contribution is -2.20. The predicted molar refractivity (Wildman–Crippen MR) is 121 cm³/mol. The summed E-state index contributed by atoms with van der Waals surface area (Å²) in [5, 5.41) is 2.71. The molecule has 0 fully saturated rings. The third-order valence-electron chi connectivity index (χ3n) is 4.37. The first-order chi connectivity index (χ1) is 16.0. The molecule has 3 aromatic rings. The number of amides is 1. The van der Waals surface area contributed by atoms with Gasteiger partial charge in [-0.05, 0) is 48.5 Å². The smallest absolute Gasteiger partial charge is 0.338 e. The van der Waals surface area contributed by atoms with Crippen LogP contribution in [0.2, 0.25) is 0 Å². The van der Waals surface area contributed by atoms with Crippen molar-refractivity contribution >= 4 is 23.5 Å². The Bertz CT molecular complexity index is 1080. The standard InChI is InChI=1S/C25H23NO7/c1-30-22-9-5-8-20(16-22)26-23(27)17-33-21-12-10-19(11-13-21)25(29)32-15-14-31-24(28)18-6-3-2-4-7-18/h2-13,16H,14-15,17H2,1H3,(H,26,27). The van der Waals surface area contributed by atoms with Crippen molar-refractivity contribution in [2.24, 2.45) is 0 Å². The Morgan fingerprint density at radius 1 is 0.727 bits per heavy atom. The largest absolute Gasteiger partial charge is 0.497 e. The van der Waals surface area contributed by atoms with E-state index < -0.39 is 11.9 Å². The molecule has 3 rings (SSSR count). The van der Waals surface area contributed by atoms with Crippen molar-refractivity contribution in [3.05, 3.63) is 90.0 Å². The Morgan fingerprint density at radius 2 is 1.36 bits per heavy atom. The van der Waals surface area contributed by atoms with Gasteiger partial charge in [-0.25, -0.2) is 9.59 Å². The normalized spacial score (nSPS) is 10.1. The molecule has 0 spiro atoms. The fourth-order valence-corrected chi connectivity index (χ4v) is 2.74. The molecule has 1 amide bonds. The van der Waals surface area contributed by atoms with Gasteiger partial charge in [0.25, 0.3) is 5.91 Å². The lowest BCUT2D eigenvalue weighted by Gasteiger charge is -2.09. The van der Waals surface area contributed by atoms with Gasteiger partial charge in [0.05, 0.1) is 18.2 Å². The molecule has 0 unspecified atom stereocenters. The highest BCUT2D eigenvalue weighted by atomic mass is 16.6. The Morgan fingerprint density at radius 3 is 2.00 bits per heavy atom. The number of anilines is 1. The molecule has 3 aromatic carbocycles. The first kappa shape index (κ1) is 23.3. The molecule has 0 bridgehead atoms. The Kier molecular flexibility index (Phi) is 8.41. The lowest BCUT2D eigenvalue weighted by molar-refractivity contribution is -0.118. The Labute approximate surface area is 191 Å². The van der Waals surface area contributed by atoms with Crippen LogP contribution in [-0.4, -0.2) is 44.8 Å². The maximum absolute atomic E-state index is 12.1. The van der Waals surface area contributed by atoms with E-state index in [9.17, 15) is 14.4 Å². The van der Waals surface area contributed by atoms with Crippen molar-refractivity contribution in [2.75, 3.05) is 32.2 Å². The van der Waals surface area contributed by atoms with Gasteiger partial charge in [0.15, 0.2) is 6.61 Å². The molecular weight excluding hydrogens is 426 g/mol. The number of methoxy groups -OCH3 is 1. The van der Waals surface area contributed by atoms with E-state index in [1.807, 2.05) is 0 Å². The summed E-state index contributed by atoms with van der Waals surface area (Å²) in [4.78, 5) is 36.0. The van der Waals surface area contributed by atoms with Crippen LogP contribution < -0.4 is 14.8 Å². The zero-order valence-electron chi connectivity index (χ0n) is 18.0.